The van der Waals surface area contributed by atoms with Crippen molar-refractivity contribution in [2.75, 3.05) is 0 Å². The van der Waals surface area contributed by atoms with Crippen molar-refractivity contribution >= 4 is 18.7 Å². The Morgan fingerprint density at radius 2 is 1.71 bits per heavy atom. The Morgan fingerprint density at radius 1 is 1.07 bits per heavy atom. The van der Waals surface area contributed by atoms with Crippen molar-refractivity contribution in [3.63, 3.8) is 0 Å². The van der Waals surface area contributed by atoms with E-state index in [4.69, 9.17) is 14.0 Å². The molecule has 1 aliphatic rings. The molecular weight excluding hydrogens is 360 g/mol. The molecule has 1 saturated heterocycles. The predicted molar refractivity (Wildman–Crippen MR) is 106 cm³/mol. The molecule has 0 radical (unpaired) electrons. The Labute approximate surface area is 165 Å². The normalized spacial score (nSPS) is 17.4. The van der Waals surface area contributed by atoms with Crippen LogP contribution in [0.1, 0.15) is 38.8 Å². The molecular formula is C21H25BFNO4. The number of rotatable bonds is 5. The van der Waals surface area contributed by atoms with Gasteiger partial charge in [0.05, 0.1) is 11.2 Å². The average Bonchev–Trinajstić information content (AvgIpc) is 2.87. The van der Waals surface area contributed by atoms with Crippen LogP contribution in [0.3, 0.4) is 0 Å². The summed E-state index contributed by atoms with van der Waals surface area (Å²) in [4.78, 5) is 11.9. The summed E-state index contributed by atoms with van der Waals surface area (Å²) in [5.41, 5.74) is 0.960. The van der Waals surface area contributed by atoms with Gasteiger partial charge in [-0.25, -0.2) is 9.18 Å². The fraction of sp³-hybridized carbons (Fsp3) is 0.381. The van der Waals surface area contributed by atoms with Gasteiger partial charge in [-0.3, -0.25) is 0 Å². The van der Waals surface area contributed by atoms with E-state index in [-0.39, 0.29) is 13.2 Å². The second-order valence-corrected chi connectivity index (χ2v) is 7.85. The number of halogens is 1. The van der Waals surface area contributed by atoms with E-state index < -0.39 is 30.2 Å². The number of carbonyl (C=O) groups excluding carboxylic acids is 1. The fourth-order valence-corrected chi connectivity index (χ4v) is 2.80. The van der Waals surface area contributed by atoms with Crippen LogP contribution in [0.2, 0.25) is 0 Å². The highest BCUT2D eigenvalue weighted by Crippen LogP contribution is 2.36. The highest BCUT2D eigenvalue weighted by atomic mass is 19.1. The average molecular weight is 385 g/mol. The zero-order chi connectivity index (χ0) is 20.4. The second-order valence-electron chi connectivity index (χ2n) is 7.85. The number of carbonyl (C=O) groups is 1. The monoisotopic (exact) mass is 385 g/mol. The van der Waals surface area contributed by atoms with E-state index in [1.54, 1.807) is 12.1 Å². The maximum Gasteiger partial charge on any atom is 0.494 e. The van der Waals surface area contributed by atoms with Gasteiger partial charge in [-0.15, -0.1) is 0 Å². The molecule has 7 heteroatoms. The number of nitrogens with one attached hydrogen (secondary N) is 1. The summed E-state index contributed by atoms with van der Waals surface area (Å²) < 4.78 is 31.3. The van der Waals surface area contributed by atoms with E-state index in [0.717, 1.165) is 5.56 Å². The molecule has 0 spiro atoms. The van der Waals surface area contributed by atoms with Crippen LogP contribution in [0.5, 0.6) is 0 Å². The highest BCUT2D eigenvalue weighted by molar-refractivity contribution is 6.62. The van der Waals surface area contributed by atoms with Gasteiger partial charge in [0.25, 0.3) is 0 Å². The van der Waals surface area contributed by atoms with E-state index in [0.29, 0.717) is 11.0 Å². The molecule has 148 valence electrons. The molecule has 5 nitrogen and oxygen atoms in total. The van der Waals surface area contributed by atoms with Crippen molar-refractivity contribution in [3.8, 4) is 0 Å². The van der Waals surface area contributed by atoms with Crippen LogP contribution in [0, 0.1) is 5.82 Å². The molecule has 0 bridgehead atoms. The van der Waals surface area contributed by atoms with Gasteiger partial charge < -0.3 is 19.4 Å². The SMILES string of the molecule is CC1(C)OB(c2ccc(F)c(CNC(=O)OCc3ccccc3)c2)OC1(C)C. The van der Waals surface area contributed by atoms with Crippen LogP contribution in [0.15, 0.2) is 48.5 Å². The van der Waals surface area contributed by atoms with E-state index in [1.165, 1.54) is 6.07 Å². The molecule has 1 amide bonds. The van der Waals surface area contributed by atoms with Crippen molar-refractivity contribution in [2.45, 2.75) is 52.0 Å². The van der Waals surface area contributed by atoms with Gasteiger partial charge in [0, 0.05) is 12.1 Å². The van der Waals surface area contributed by atoms with Crippen LogP contribution in [-0.4, -0.2) is 24.4 Å². The molecule has 1 fully saturated rings. The van der Waals surface area contributed by atoms with Gasteiger partial charge >= 0.3 is 13.2 Å². The smallest absolute Gasteiger partial charge is 0.445 e. The van der Waals surface area contributed by atoms with Crippen LogP contribution in [0.4, 0.5) is 9.18 Å². The summed E-state index contributed by atoms with van der Waals surface area (Å²) in [6.07, 6.45) is -0.607. The third-order valence-corrected chi connectivity index (χ3v) is 5.23. The van der Waals surface area contributed by atoms with Crippen LogP contribution in [0.25, 0.3) is 0 Å². The number of benzene rings is 2. The molecule has 1 heterocycles. The van der Waals surface area contributed by atoms with E-state index in [9.17, 15) is 9.18 Å². The first-order valence-electron chi connectivity index (χ1n) is 9.26. The minimum atomic E-state index is -0.607. The molecule has 0 saturated carbocycles. The molecule has 0 unspecified atom stereocenters. The molecule has 0 atom stereocenters. The summed E-state index contributed by atoms with van der Waals surface area (Å²) in [5, 5.41) is 2.58. The van der Waals surface area contributed by atoms with Crippen molar-refractivity contribution in [1.29, 1.82) is 0 Å². The summed E-state index contributed by atoms with van der Waals surface area (Å²) >= 11 is 0. The first-order valence-corrected chi connectivity index (χ1v) is 9.26. The Morgan fingerprint density at radius 3 is 2.36 bits per heavy atom. The molecule has 0 aliphatic carbocycles. The number of hydrogen-bond donors (Lipinski definition) is 1. The summed E-state index contributed by atoms with van der Waals surface area (Å²) in [6.45, 7) is 8.00. The highest BCUT2D eigenvalue weighted by Gasteiger charge is 2.51. The summed E-state index contributed by atoms with van der Waals surface area (Å²) in [7, 11) is -0.589. The number of hydrogen-bond acceptors (Lipinski definition) is 4. The van der Waals surface area contributed by atoms with Crippen LogP contribution < -0.4 is 10.8 Å². The lowest BCUT2D eigenvalue weighted by Crippen LogP contribution is -2.41. The molecule has 0 aromatic heterocycles. The third kappa shape index (κ3) is 4.54. The minimum absolute atomic E-state index is 0.00675. The number of amides is 1. The standard InChI is InChI=1S/C21H25BFNO4/c1-20(2)21(3,4)28-22(27-20)17-10-11-18(23)16(12-17)13-24-19(25)26-14-15-8-6-5-7-9-15/h5-12H,13-14H2,1-4H3,(H,24,25). The van der Waals surface area contributed by atoms with Gasteiger partial charge in [0.1, 0.15) is 12.4 Å². The van der Waals surface area contributed by atoms with Gasteiger partial charge in [-0.05, 0) is 44.8 Å². The third-order valence-electron chi connectivity index (χ3n) is 5.23. The zero-order valence-electron chi connectivity index (χ0n) is 16.6. The van der Waals surface area contributed by atoms with Crippen molar-refractivity contribution in [1.82, 2.24) is 5.32 Å². The maximum atomic E-state index is 14.2. The Kier molecular flexibility index (Phi) is 5.77. The Balaban J connectivity index is 1.60. The van der Waals surface area contributed by atoms with Gasteiger partial charge in [0.2, 0.25) is 0 Å². The van der Waals surface area contributed by atoms with E-state index in [2.05, 4.69) is 5.32 Å². The molecule has 1 N–H and O–H groups in total. The Bertz CT molecular complexity index is 826. The molecule has 28 heavy (non-hydrogen) atoms. The summed E-state index contributed by atoms with van der Waals surface area (Å²) in [5.74, 6) is -0.413. The molecule has 3 rings (SSSR count). The summed E-state index contributed by atoms with van der Waals surface area (Å²) in [6, 6.07) is 14.0. The Hall–Kier alpha value is -2.38. The lowest BCUT2D eigenvalue weighted by atomic mass is 9.78. The van der Waals surface area contributed by atoms with Crippen molar-refractivity contribution in [3.05, 3.63) is 65.5 Å². The molecule has 2 aromatic carbocycles. The largest absolute Gasteiger partial charge is 0.494 e. The van der Waals surface area contributed by atoms with E-state index in [1.807, 2.05) is 58.0 Å². The van der Waals surface area contributed by atoms with Crippen molar-refractivity contribution < 1.29 is 23.2 Å². The first kappa shape index (κ1) is 20.4. The van der Waals surface area contributed by atoms with Gasteiger partial charge in [0.15, 0.2) is 0 Å². The van der Waals surface area contributed by atoms with Gasteiger partial charge in [-0.1, -0.05) is 42.5 Å². The lowest BCUT2D eigenvalue weighted by Gasteiger charge is -2.32. The lowest BCUT2D eigenvalue weighted by molar-refractivity contribution is 0.00578. The quantitative estimate of drug-likeness (QED) is 0.800. The topological polar surface area (TPSA) is 56.8 Å². The van der Waals surface area contributed by atoms with E-state index >= 15 is 0 Å². The maximum absolute atomic E-state index is 14.2. The fourth-order valence-electron chi connectivity index (χ4n) is 2.80. The van der Waals surface area contributed by atoms with Gasteiger partial charge in [-0.2, -0.15) is 0 Å². The van der Waals surface area contributed by atoms with Crippen molar-refractivity contribution in [2.24, 2.45) is 0 Å². The predicted octanol–water partition coefficient (Wildman–Crippen LogP) is 3.55. The molecule has 2 aromatic rings. The zero-order valence-corrected chi connectivity index (χ0v) is 16.6. The number of ether oxygens (including phenoxy) is 1. The second kappa shape index (κ2) is 7.93. The molecule has 1 aliphatic heterocycles. The first-order chi connectivity index (χ1) is 13.2. The number of alkyl carbamates (subject to hydrolysis) is 1. The van der Waals surface area contributed by atoms with Crippen LogP contribution in [-0.2, 0) is 27.2 Å². The van der Waals surface area contributed by atoms with Crippen LogP contribution >= 0.6 is 0 Å². The minimum Gasteiger partial charge on any atom is -0.445 e.